The molecule has 1 unspecified atom stereocenters. The third-order valence-electron chi connectivity index (χ3n) is 3.70. The van der Waals surface area contributed by atoms with Gasteiger partial charge < -0.3 is 10.3 Å². The zero-order valence-corrected chi connectivity index (χ0v) is 12.9. The molecule has 2 heterocycles. The average Bonchev–Trinajstić information content (AvgIpc) is 2.87. The van der Waals surface area contributed by atoms with E-state index in [0.29, 0.717) is 30.8 Å². The van der Waals surface area contributed by atoms with Crippen LogP contribution in [-0.4, -0.2) is 24.7 Å². The molecule has 0 radical (unpaired) electrons. The normalized spacial score (nSPS) is 13.0. The largest absolute Gasteiger partial charge is 0.332 e. The van der Waals surface area contributed by atoms with Crippen molar-refractivity contribution in [1.29, 1.82) is 0 Å². The van der Waals surface area contributed by atoms with Crippen molar-refractivity contribution in [2.45, 2.75) is 59.3 Å². The number of aryl methyl sites for hydroxylation is 1. The summed E-state index contributed by atoms with van der Waals surface area (Å²) in [6, 6.07) is -0.0385. The lowest BCUT2D eigenvalue weighted by atomic mass is 10.2. The summed E-state index contributed by atoms with van der Waals surface area (Å²) in [6.07, 6.45) is 3.22. The predicted octanol–water partition coefficient (Wildman–Crippen LogP) is 0.527. The van der Waals surface area contributed by atoms with Gasteiger partial charge in [-0.25, -0.2) is 9.78 Å². The molecule has 1 atom stereocenters. The maximum atomic E-state index is 12.5. The summed E-state index contributed by atoms with van der Waals surface area (Å²) in [7, 11) is 0. The highest BCUT2D eigenvalue weighted by Crippen LogP contribution is 2.08. The van der Waals surface area contributed by atoms with Gasteiger partial charge in [-0.2, -0.15) is 0 Å². The van der Waals surface area contributed by atoms with Crippen LogP contribution in [0.15, 0.2) is 15.9 Å². The van der Waals surface area contributed by atoms with Crippen molar-refractivity contribution in [2.24, 2.45) is 5.73 Å². The van der Waals surface area contributed by atoms with Gasteiger partial charge in [-0.15, -0.1) is 0 Å². The quantitative estimate of drug-likeness (QED) is 0.841. The Morgan fingerprint density at radius 1 is 1.24 bits per heavy atom. The molecule has 116 valence electrons. The lowest BCUT2D eigenvalue weighted by molar-refractivity contribution is 0.541. The van der Waals surface area contributed by atoms with Gasteiger partial charge in [0.25, 0.3) is 5.56 Å². The highest BCUT2D eigenvalue weighted by atomic mass is 16.2. The zero-order chi connectivity index (χ0) is 15.6. The molecule has 0 spiro atoms. The van der Waals surface area contributed by atoms with Crippen molar-refractivity contribution in [3.05, 3.63) is 27.2 Å². The first-order valence-corrected chi connectivity index (χ1v) is 7.49. The topological polar surface area (TPSA) is 87.8 Å². The summed E-state index contributed by atoms with van der Waals surface area (Å²) in [5, 5.41) is 0. The number of nitrogens with two attached hydrogens (primary N) is 1. The van der Waals surface area contributed by atoms with Crippen LogP contribution in [0.4, 0.5) is 0 Å². The summed E-state index contributed by atoms with van der Waals surface area (Å²) >= 11 is 0. The number of hydrogen-bond donors (Lipinski definition) is 1. The molecule has 0 saturated heterocycles. The number of fused-ring (bicyclic) bond motifs is 1. The van der Waals surface area contributed by atoms with Crippen LogP contribution in [-0.2, 0) is 19.6 Å². The predicted molar refractivity (Wildman–Crippen MR) is 82.5 cm³/mol. The first kappa shape index (κ1) is 15.5. The van der Waals surface area contributed by atoms with E-state index < -0.39 is 0 Å². The van der Waals surface area contributed by atoms with Crippen LogP contribution in [0.1, 0.15) is 33.6 Å². The average molecular weight is 293 g/mol. The standard InChI is InChI=1S/C14H23N5O2/c1-4-7-19-12-11(13(20)18(6-3)14(19)21)17(9-16-12)8-10(15)5-2/h9-10H,4-8,15H2,1-3H3. The molecule has 2 N–H and O–H groups in total. The molecular formula is C14H23N5O2. The molecule has 7 heteroatoms. The minimum atomic E-state index is -0.290. The van der Waals surface area contributed by atoms with Gasteiger partial charge in [0.1, 0.15) is 0 Å². The van der Waals surface area contributed by atoms with Crippen molar-refractivity contribution in [1.82, 2.24) is 18.7 Å². The van der Waals surface area contributed by atoms with E-state index in [0.717, 1.165) is 12.8 Å². The molecule has 0 aliphatic rings. The van der Waals surface area contributed by atoms with Crippen molar-refractivity contribution >= 4 is 11.2 Å². The van der Waals surface area contributed by atoms with Gasteiger partial charge in [0.15, 0.2) is 11.2 Å². The number of nitrogens with zero attached hydrogens (tertiary/aromatic N) is 4. The molecule has 2 aromatic heterocycles. The van der Waals surface area contributed by atoms with E-state index in [2.05, 4.69) is 4.98 Å². The van der Waals surface area contributed by atoms with Crippen LogP contribution >= 0.6 is 0 Å². The third kappa shape index (κ3) is 2.65. The number of imidazole rings is 1. The van der Waals surface area contributed by atoms with E-state index >= 15 is 0 Å². The number of hydrogen-bond acceptors (Lipinski definition) is 4. The van der Waals surface area contributed by atoms with Crippen LogP contribution in [0.3, 0.4) is 0 Å². The van der Waals surface area contributed by atoms with Crippen LogP contribution in [0.5, 0.6) is 0 Å². The van der Waals surface area contributed by atoms with Gasteiger partial charge in [-0.1, -0.05) is 13.8 Å². The maximum absolute atomic E-state index is 12.5. The number of aromatic nitrogens is 4. The summed E-state index contributed by atoms with van der Waals surface area (Å²) in [5.41, 5.74) is 6.32. The van der Waals surface area contributed by atoms with E-state index in [9.17, 15) is 9.59 Å². The molecule has 2 aromatic rings. The van der Waals surface area contributed by atoms with Gasteiger partial charge in [0, 0.05) is 25.7 Å². The first-order chi connectivity index (χ1) is 10.0. The van der Waals surface area contributed by atoms with Crippen molar-refractivity contribution < 1.29 is 0 Å². The van der Waals surface area contributed by atoms with E-state index in [1.54, 1.807) is 22.4 Å². The Morgan fingerprint density at radius 2 is 1.95 bits per heavy atom. The summed E-state index contributed by atoms with van der Waals surface area (Å²) in [5.74, 6) is 0. The van der Waals surface area contributed by atoms with Crippen LogP contribution in [0.25, 0.3) is 11.2 Å². The molecule has 0 aliphatic heterocycles. The van der Waals surface area contributed by atoms with Crippen LogP contribution in [0.2, 0.25) is 0 Å². The van der Waals surface area contributed by atoms with Crippen LogP contribution in [0, 0.1) is 0 Å². The van der Waals surface area contributed by atoms with E-state index in [1.165, 1.54) is 4.57 Å². The smallest absolute Gasteiger partial charge is 0.326 e. The highest BCUT2D eigenvalue weighted by Gasteiger charge is 2.17. The Hall–Kier alpha value is -1.89. The summed E-state index contributed by atoms with van der Waals surface area (Å²) in [4.78, 5) is 29.2. The Morgan fingerprint density at radius 3 is 2.52 bits per heavy atom. The fraction of sp³-hybridized carbons (Fsp3) is 0.643. The first-order valence-electron chi connectivity index (χ1n) is 7.49. The SMILES string of the molecule is CCCn1c(=O)n(CC)c(=O)c2c1ncn2CC(N)CC. The lowest BCUT2D eigenvalue weighted by Crippen LogP contribution is -2.40. The van der Waals surface area contributed by atoms with Gasteiger partial charge >= 0.3 is 5.69 Å². The Labute approximate surface area is 123 Å². The van der Waals surface area contributed by atoms with Gasteiger partial charge in [-0.05, 0) is 19.8 Å². The highest BCUT2D eigenvalue weighted by molar-refractivity contribution is 5.70. The fourth-order valence-corrected chi connectivity index (χ4v) is 2.46. The zero-order valence-electron chi connectivity index (χ0n) is 12.9. The summed E-state index contributed by atoms with van der Waals surface area (Å²) in [6.45, 7) is 7.21. The molecule has 7 nitrogen and oxygen atoms in total. The Bertz CT molecular complexity index is 740. The van der Waals surface area contributed by atoms with Gasteiger partial charge in [0.2, 0.25) is 0 Å². The van der Waals surface area contributed by atoms with Gasteiger partial charge in [-0.3, -0.25) is 13.9 Å². The van der Waals surface area contributed by atoms with Crippen molar-refractivity contribution in [3.8, 4) is 0 Å². The molecule has 21 heavy (non-hydrogen) atoms. The van der Waals surface area contributed by atoms with E-state index in [1.807, 2.05) is 13.8 Å². The van der Waals surface area contributed by atoms with E-state index in [-0.39, 0.29) is 17.3 Å². The monoisotopic (exact) mass is 293 g/mol. The molecule has 0 aromatic carbocycles. The molecule has 0 fully saturated rings. The second-order valence-electron chi connectivity index (χ2n) is 5.22. The molecular weight excluding hydrogens is 270 g/mol. The molecule has 0 bridgehead atoms. The fourth-order valence-electron chi connectivity index (χ4n) is 2.46. The molecule has 2 rings (SSSR count). The maximum Gasteiger partial charge on any atom is 0.332 e. The molecule has 0 amide bonds. The minimum Gasteiger partial charge on any atom is -0.326 e. The van der Waals surface area contributed by atoms with Gasteiger partial charge in [0.05, 0.1) is 6.33 Å². The molecule has 0 saturated carbocycles. The number of rotatable bonds is 6. The Kier molecular flexibility index (Phi) is 4.62. The second kappa shape index (κ2) is 6.26. The molecule has 0 aliphatic carbocycles. The van der Waals surface area contributed by atoms with Crippen molar-refractivity contribution in [2.75, 3.05) is 0 Å². The van der Waals surface area contributed by atoms with Crippen LogP contribution < -0.4 is 17.0 Å². The minimum absolute atomic E-state index is 0.0385. The lowest BCUT2D eigenvalue weighted by Gasteiger charge is -2.12. The summed E-state index contributed by atoms with van der Waals surface area (Å²) < 4.78 is 4.60. The van der Waals surface area contributed by atoms with E-state index in [4.69, 9.17) is 5.73 Å². The second-order valence-corrected chi connectivity index (χ2v) is 5.22. The third-order valence-corrected chi connectivity index (χ3v) is 3.70. The van der Waals surface area contributed by atoms with Crippen molar-refractivity contribution in [3.63, 3.8) is 0 Å². The Balaban J connectivity index is 2.75.